The Balaban J connectivity index is 2.81. The molecule has 0 amide bonds. The molecule has 0 heterocycles. The fraction of sp³-hybridized carbons (Fsp3) is 0.417. The van der Waals surface area contributed by atoms with Crippen molar-refractivity contribution in [2.45, 2.75) is 20.3 Å². The van der Waals surface area contributed by atoms with Gasteiger partial charge in [0.25, 0.3) is 0 Å². The number of methoxy groups -OCH3 is 1. The Morgan fingerprint density at radius 2 is 1.93 bits per heavy atom. The second-order valence-corrected chi connectivity index (χ2v) is 3.40. The van der Waals surface area contributed by atoms with Crippen LogP contribution in [0.1, 0.15) is 30.6 Å². The lowest BCUT2D eigenvalue weighted by molar-refractivity contribution is 0.0927. The van der Waals surface area contributed by atoms with Gasteiger partial charge in [-0.15, -0.1) is 0 Å². The fourth-order valence-electron chi connectivity index (χ4n) is 1.23. The molecule has 2 nitrogen and oxygen atoms in total. The fourth-order valence-corrected chi connectivity index (χ4v) is 1.23. The lowest BCUT2D eigenvalue weighted by atomic mass is 9.97. The summed E-state index contributed by atoms with van der Waals surface area (Å²) in [5, 5.41) is 0. The van der Waals surface area contributed by atoms with Gasteiger partial charge in [-0.05, 0) is 30.7 Å². The van der Waals surface area contributed by atoms with E-state index < -0.39 is 0 Å². The maximum absolute atomic E-state index is 11.7. The molecule has 0 aliphatic heterocycles. The molecule has 0 aromatic heterocycles. The zero-order chi connectivity index (χ0) is 10.6. The average Bonchev–Trinajstić information content (AvgIpc) is 2.27. The summed E-state index contributed by atoms with van der Waals surface area (Å²) in [5.74, 6) is 1.09. The summed E-state index contributed by atoms with van der Waals surface area (Å²) < 4.78 is 5.02. The predicted molar refractivity (Wildman–Crippen MR) is 56.8 cm³/mol. The van der Waals surface area contributed by atoms with Crippen LogP contribution in [0.4, 0.5) is 0 Å². The predicted octanol–water partition coefficient (Wildman–Crippen LogP) is 2.92. The molecular formula is C12H16O2. The summed E-state index contributed by atoms with van der Waals surface area (Å²) in [5.41, 5.74) is 0.764. The Labute approximate surface area is 84.9 Å². The number of carbonyl (C=O) groups excluding carboxylic acids is 1. The number of rotatable bonds is 4. The van der Waals surface area contributed by atoms with E-state index in [1.54, 1.807) is 7.11 Å². The van der Waals surface area contributed by atoms with Crippen molar-refractivity contribution in [3.05, 3.63) is 29.8 Å². The highest BCUT2D eigenvalue weighted by Crippen LogP contribution is 2.15. The van der Waals surface area contributed by atoms with E-state index in [-0.39, 0.29) is 11.7 Å². The first-order valence-corrected chi connectivity index (χ1v) is 4.87. The summed E-state index contributed by atoms with van der Waals surface area (Å²) in [6, 6.07) is 7.26. The van der Waals surface area contributed by atoms with Gasteiger partial charge in [-0.2, -0.15) is 0 Å². The van der Waals surface area contributed by atoms with E-state index in [2.05, 4.69) is 0 Å². The van der Waals surface area contributed by atoms with Gasteiger partial charge in [-0.3, -0.25) is 4.79 Å². The molecule has 14 heavy (non-hydrogen) atoms. The number of hydrogen-bond donors (Lipinski definition) is 0. The maximum Gasteiger partial charge on any atom is 0.165 e. The summed E-state index contributed by atoms with van der Waals surface area (Å²) in [4.78, 5) is 11.7. The van der Waals surface area contributed by atoms with Crippen molar-refractivity contribution in [2.75, 3.05) is 7.11 Å². The van der Waals surface area contributed by atoms with Crippen LogP contribution in [0.3, 0.4) is 0 Å². The number of ether oxygens (including phenoxy) is 1. The van der Waals surface area contributed by atoms with E-state index in [4.69, 9.17) is 4.74 Å². The average molecular weight is 192 g/mol. The van der Waals surface area contributed by atoms with Crippen LogP contribution in [0.15, 0.2) is 24.3 Å². The molecule has 1 rings (SSSR count). The third-order valence-electron chi connectivity index (χ3n) is 2.43. The molecular weight excluding hydrogens is 176 g/mol. The highest BCUT2D eigenvalue weighted by atomic mass is 16.5. The van der Waals surface area contributed by atoms with E-state index in [9.17, 15) is 4.79 Å². The molecule has 0 radical (unpaired) electrons. The Bertz CT molecular complexity index is 301. The van der Waals surface area contributed by atoms with Crippen LogP contribution in [-0.4, -0.2) is 12.9 Å². The Kier molecular flexibility index (Phi) is 3.69. The molecule has 0 aliphatic rings. The Hall–Kier alpha value is -1.31. The third-order valence-corrected chi connectivity index (χ3v) is 2.43. The van der Waals surface area contributed by atoms with Crippen molar-refractivity contribution in [1.29, 1.82) is 0 Å². The van der Waals surface area contributed by atoms with E-state index in [0.29, 0.717) is 0 Å². The van der Waals surface area contributed by atoms with Crippen molar-refractivity contribution >= 4 is 5.78 Å². The van der Waals surface area contributed by atoms with Crippen molar-refractivity contribution < 1.29 is 9.53 Å². The molecule has 0 bridgehead atoms. The van der Waals surface area contributed by atoms with Gasteiger partial charge in [0.2, 0.25) is 0 Å². The zero-order valence-electron chi connectivity index (χ0n) is 8.91. The SMILES string of the molecule is CC[C@@H](C)C(=O)c1ccc(OC)cc1. The van der Waals surface area contributed by atoms with Crippen LogP contribution in [-0.2, 0) is 0 Å². The largest absolute Gasteiger partial charge is 0.497 e. The Morgan fingerprint density at radius 3 is 2.36 bits per heavy atom. The van der Waals surface area contributed by atoms with Gasteiger partial charge in [-0.25, -0.2) is 0 Å². The number of Topliss-reactive ketones (excluding diaryl/α,β-unsaturated/α-hetero) is 1. The number of carbonyl (C=O) groups is 1. The number of hydrogen-bond acceptors (Lipinski definition) is 2. The minimum absolute atomic E-state index is 0.100. The zero-order valence-corrected chi connectivity index (χ0v) is 8.91. The molecule has 0 aliphatic carbocycles. The molecule has 2 heteroatoms. The number of benzene rings is 1. The van der Waals surface area contributed by atoms with Crippen LogP contribution in [0.2, 0.25) is 0 Å². The lowest BCUT2D eigenvalue weighted by Gasteiger charge is -2.07. The van der Waals surface area contributed by atoms with Gasteiger partial charge in [-0.1, -0.05) is 13.8 Å². The monoisotopic (exact) mass is 192 g/mol. The van der Waals surface area contributed by atoms with Gasteiger partial charge in [0.1, 0.15) is 5.75 Å². The first kappa shape index (κ1) is 10.8. The molecule has 0 unspecified atom stereocenters. The van der Waals surface area contributed by atoms with Crippen molar-refractivity contribution in [3.63, 3.8) is 0 Å². The molecule has 0 fully saturated rings. The second kappa shape index (κ2) is 4.80. The summed E-state index contributed by atoms with van der Waals surface area (Å²) in [6.45, 7) is 3.97. The topological polar surface area (TPSA) is 26.3 Å². The van der Waals surface area contributed by atoms with Gasteiger partial charge in [0.05, 0.1) is 7.11 Å². The molecule has 0 N–H and O–H groups in total. The lowest BCUT2D eigenvalue weighted by Crippen LogP contribution is -2.09. The third kappa shape index (κ3) is 2.34. The van der Waals surface area contributed by atoms with Crippen LogP contribution >= 0.6 is 0 Å². The number of ketones is 1. The quantitative estimate of drug-likeness (QED) is 0.685. The normalized spacial score (nSPS) is 12.2. The highest BCUT2D eigenvalue weighted by Gasteiger charge is 2.12. The standard InChI is InChI=1S/C12H16O2/c1-4-9(2)12(13)10-5-7-11(14-3)8-6-10/h5-9H,4H2,1-3H3/t9-/m1/s1. The van der Waals surface area contributed by atoms with Crippen LogP contribution < -0.4 is 4.74 Å². The van der Waals surface area contributed by atoms with Gasteiger partial charge in [0, 0.05) is 11.5 Å². The first-order chi connectivity index (χ1) is 6.69. The van der Waals surface area contributed by atoms with E-state index in [0.717, 1.165) is 17.7 Å². The van der Waals surface area contributed by atoms with Crippen LogP contribution in [0, 0.1) is 5.92 Å². The van der Waals surface area contributed by atoms with E-state index >= 15 is 0 Å². The van der Waals surface area contributed by atoms with Crippen LogP contribution in [0.25, 0.3) is 0 Å². The maximum atomic E-state index is 11.7. The van der Waals surface area contributed by atoms with Crippen molar-refractivity contribution in [3.8, 4) is 5.75 Å². The highest BCUT2D eigenvalue weighted by molar-refractivity contribution is 5.97. The summed E-state index contributed by atoms with van der Waals surface area (Å²) in [7, 11) is 1.62. The first-order valence-electron chi connectivity index (χ1n) is 4.87. The van der Waals surface area contributed by atoms with Crippen LogP contribution in [0.5, 0.6) is 5.75 Å². The smallest absolute Gasteiger partial charge is 0.165 e. The van der Waals surface area contributed by atoms with E-state index in [1.807, 2.05) is 38.1 Å². The van der Waals surface area contributed by atoms with Crippen molar-refractivity contribution in [1.82, 2.24) is 0 Å². The molecule has 1 aromatic carbocycles. The summed E-state index contributed by atoms with van der Waals surface area (Å²) in [6.07, 6.45) is 0.880. The van der Waals surface area contributed by atoms with E-state index in [1.165, 1.54) is 0 Å². The minimum atomic E-state index is 0.100. The second-order valence-electron chi connectivity index (χ2n) is 3.40. The minimum Gasteiger partial charge on any atom is -0.497 e. The molecule has 0 saturated carbocycles. The molecule has 0 spiro atoms. The molecule has 0 saturated heterocycles. The van der Waals surface area contributed by atoms with Gasteiger partial charge < -0.3 is 4.74 Å². The molecule has 1 aromatic rings. The van der Waals surface area contributed by atoms with Gasteiger partial charge >= 0.3 is 0 Å². The van der Waals surface area contributed by atoms with Gasteiger partial charge in [0.15, 0.2) is 5.78 Å². The molecule has 1 atom stereocenters. The van der Waals surface area contributed by atoms with Crippen molar-refractivity contribution in [2.24, 2.45) is 5.92 Å². The Morgan fingerprint density at radius 1 is 1.36 bits per heavy atom. The molecule has 76 valence electrons. The summed E-state index contributed by atoms with van der Waals surface area (Å²) >= 11 is 0.